The molecule has 112 valence electrons. The molecule has 0 heterocycles. The summed E-state index contributed by atoms with van der Waals surface area (Å²) < 4.78 is 86.7. The molecule has 9 heteroatoms. The summed E-state index contributed by atoms with van der Waals surface area (Å²) in [5, 5.41) is -0.357. The van der Waals surface area contributed by atoms with Gasteiger partial charge in [-0.1, -0.05) is 17.7 Å². The molecule has 0 aliphatic carbocycles. The second-order valence-electron chi connectivity index (χ2n) is 3.91. The molecule has 20 heavy (non-hydrogen) atoms. The minimum Gasteiger partial charge on any atom is -0.298 e. The lowest BCUT2D eigenvalue weighted by Gasteiger charge is -2.21. The van der Waals surface area contributed by atoms with E-state index in [-0.39, 0.29) is 10.6 Å². The first-order valence-corrected chi connectivity index (χ1v) is 5.41. The van der Waals surface area contributed by atoms with Gasteiger partial charge in [0, 0.05) is 6.42 Å². The van der Waals surface area contributed by atoms with Crippen LogP contribution in [0.15, 0.2) is 18.2 Å². The molecular weight excluding hydrogens is 317 g/mol. The summed E-state index contributed by atoms with van der Waals surface area (Å²) >= 11 is 5.30. The highest BCUT2D eigenvalue weighted by molar-refractivity contribution is 6.30. The highest BCUT2D eigenvalue weighted by Crippen LogP contribution is 2.40. The van der Waals surface area contributed by atoms with Crippen LogP contribution in [0.4, 0.5) is 30.7 Å². The summed E-state index contributed by atoms with van der Waals surface area (Å²) in [6.45, 7) is 0. The quantitative estimate of drug-likeness (QED) is 0.757. The molecule has 0 bridgehead atoms. The number of carbonyl (C=O) groups excluding carboxylic acids is 1. The van der Waals surface area contributed by atoms with Crippen LogP contribution in [0, 0.1) is 11.7 Å². The van der Waals surface area contributed by atoms with Gasteiger partial charge in [0.15, 0.2) is 5.78 Å². The third-order valence-electron chi connectivity index (χ3n) is 2.34. The Bertz CT molecular complexity index is 492. The van der Waals surface area contributed by atoms with Crippen LogP contribution in [-0.2, 0) is 11.2 Å². The highest BCUT2D eigenvalue weighted by atomic mass is 35.5. The topological polar surface area (TPSA) is 17.1 Å². The molecule has 0 unspecified atom stereocenters. The normalized spacial score (nSPS) is 12.8. The zero-order valence-electron chi connectivity index (χ0n) is 9.45. The second-order valence-corrected chi connectivity index (χ2v) is 4.31. The van der Waals surface area contributed by atoms with Crippen molar-refractivity contribution in [2.75, 3.05) is 0 Å². The maximum Gasteiger partial charge on any atom is 0.407 e. The number of Topliss-reactive ketones (excluding diaryl/α,β-unsaturated/α-hetero) is 1. The van der Waals surface area contributed by atoms with Gasteiger partial charge in [-0.2, -0.15) is 26.3 Å². The maximum atomic E-state index is 13.0. The van der Waals surface area contributed by atoms with Gasteiger partial charge in [-0.15, -0.1) is 0 Å². The van der Waals surface area contributed by atoms with Gasteiger partial charge in [-0.3, -0.25) is 4.79 Å². The number of halogens is 8. The van der Waals surface area contributed by atoms with Crippen molar-refractivity contribution < 1.29 is 35.5 Å². The number of rotatable bonds is 3. The van der Waals surface area contributed by atoms with Gasteiger partial charge in [0.1, 0.15) is 5.82 Å². The first kappa shape index (κ1) is 16.7. The van der Waals surface area contributed by atoms with E-state index in [0.717, 1.165) is 12.1 Å². The fraction of sp³-hybridized carbons (Fsp3) is 0.364. The largest absolute Gasteiger partial charge is 0.407 e. The molecule has 0 spiro atoms. The summed E-state index contributed by atoms with van der Waals surface area (Å²) in [7, 11) is 0. The Kier molecular flexibility index (Phi) is 4.68. The minimum absolute atomic E-state index is 0.324. The van der Waals surface area contributed by atoms with Crippen molar-refractivity contribution in [3.05, 3.63) is 34.6 Å². The Hall–Kier alpha value is -1.31. The van der Waals surface area contributed by atoms with Crippen LogP contribution in [0.5, 0.6) is 0 Å². The van der Waals surface area contributed by atoms with E-state index in [1.807, 2.05) is 0 Å². The Morgan fingerprint density at radius 1 is 1.10 bits per heavy atom. The lowest BCUT2D eigenvalue weighted by Crippen LogP contribution is -2.43. The van der Waals surface area contributed by atoms with Crippen LogP contribution in [-0.4, -0.2) is 18.1 Å². The molecule has 0 saturated carbocycles. The molecule has 1 aromatic rings. The third-order valence-corrected chi connectivity index (χ3v) is 2.65. The number of hydrogen-bond acceptors (Lipinski definition) is 1. The summed E-state index contributed by atoms with van der Waals surface area (Å²) in [4.78, 5) is 11.2. The van der Waals surface area contributed by atoms with E-state index in [1.165, 1.54) is 0 Å². The van der Waals surface area contributed by atoms with Crippen molar-refractivity contribution in [1.29, 1.82) is 0 Å². The molecule has 0 fully saturated rings. The van der Waals surface area contributed by atoms with Crippen molar-refractivity contribution in [3.63, 3.8) is 0 Å². The smallest absolute Gasteiger partial charge is 0.298 e. The summed E-state index contributed by atoms with van der Waals surface area (Å²) in [5.41, 5.74) is -0.324. The Balaban J connectivity index is 3.00. The van der Waals surface area contributed by atoms with Crippen molar-refractivity contribution in [1.82, 2.24) is 0 Å². The number of carbonyl (C=O) groups is 1. The van der Waals surface area contributed by atoms with Crippen LogP contribution >= 0.6 is 11.6 Å². The zero-order valence-corrected chi connectivity index (χ0v) is 10.2. The average Bonchev–Trinajstić information content (AvgIpc) is 2.18. The molecule has 1 aromatic carbocycles. The van der Waals surface area contributed by atoms with Gasteiger partial charge in [0.2, 0.25) is 5.92 Å². The predicted octanol–water partition coefficient (Wildman–Crippen LogP) is 4.33. The van der Waals surface area contributed by atoms with Gasteiger partial charge in [-0.25, -0.2) is 4.39 Å². The minimum atomic E-state index is -5.75. The Morgan fingerprint density at radius 3 is 2.00 bits per heavy atom. The first-order valence-electron chi connectivity index (χ1n) is 5.03. The predicted molar refractivity (Wildman–Crippen MR) is 55.7 cm³/mol. The molecule has 0 radical (unpaired) electrons. The van der Waals surface area contributed by atoms with Crippen LogP contribution in [0.2, 0.25) is 5.02 Å². The van der Waals surface area contributed by atoms with Crippen LogP contribution < -0.4 is 0 Å². The molecule has 0 amide bonds. The fourth-order valence-corrected chi connectivity index (χ4v) is 1.62. The first-order chi connectivity index (χ1) is 8.93. The molecular formula is C11H6ClF7O. The fourth-order valence-electron chi connectivity index (χ4n) is 1.50. The standard InChI is InChI=1S/C11H6ClF7O/c12-6-2-1-5(3-7(6)13)4-8(20)9(10(14,15)16)11(17,18)19/h1-3,9H,4H2. The lowest BCUT2D eigenvalue weighted by molar-refractivity contribution is -0.273. The van der Waals surface area contributed by atoms with Gasteiger partial charge in [-0.05, 0) is 17.7 Å². The van der Waals surface area contributed by atoms with E-state index in [4.69, 9.17) is 11.6 Å². The molecule has 0 N–H and O–H groups in total. The van der Waals surface area contributed by atoms with Gasteiger partial charge in [0.25, 0.3) is 0 Å². The summed E-state index contributed by atoms with van der Waals surface area (Å²) in [6.07, 6.45) is -12.7. The third kappa shape index (κ3) is 4.09. The SMILES string of the molecule is O=C(Cc1ccc(Cl)c(F)c1)C(C(F)(F)F)C(F)(F)F. The average molecular weight is 323 g/mol. The van der Waals surface area contributed by atoms with Crippen molar-refractivity contribution in [3.8, 4) is 0 Å². The molecule has 0 atom stereocenters. The van der Waals surface area contributed by atoms with E-state index in [9.17, 15) is 35.5 Å². The number of ketones is 1. The zero-order chi connectivity index (χ0) is 15.7. The van der Waals surface area contributed by atoms with Crippen LogP contribution in [0.3, 0.4) is 0 Å². The summed E-state index contributed by atoms with van der Waals surface area (Å²) in [5.74, 6) is -7.23. The van der Waals surface area contributed by atoms with Crippen LogP contribution in [0.25, 0.3) is 0 Å². The Morgan fingerprint density at radius 2 is 1.60 bits per heavy atom. The molecule has 0 aromatic heterocycles. The van der Waals surface area contributed by atoms with Crippen molar-refractivity contribution in [2.24, 2.45) is 5.92 Å². The monoisotopic (exact) mass is 322 g/mol. The van der Waals surface area contributed by atoms with Gasteiger partial charge < -0.3 is 0 Å². The van der Waals surface area contributed by atoms with Crippen LogP contribution in [0.1, 0.15) is 5.56 Å². The Labute approximate surface area is 113 Å². The number of hydrogen-bond donors (Lipinski definition) is 0. The van der Waals surface area contributed by atoms with Gasteiger partial charge >= 0.3 is 12.4 Å². The van der Waals surface area contributed by atoms with Gasteiger partial charge in [0.05, 0.1) is 5.02 Å². The molecule has 0 aliphatic heterocycles. The molecule has 0 aliphatic rings. The summed E-state index contributed by atoms with van der Waals surface area (Å²) in [6, 6.07) is 2.53. The van der Waals surface area contributed by atoms with E-state index in [1.54, 1.807) is 0 Å². The van der Waals surface area contributed by atoms with E-state index in [2.05, 4.69) is 0 Å². The van der Waals surface area contributed by atoms with E-state index >= 15 is 0 Å². The van der Waals surface area contributed by atoms with E-state index < -0.39 is 36.3 Å². The lowest BCUT2D eigenvalue weighted by atomic mass is 9.96. The van der Waals surface area contributed by atoms with Crippen molar-refractivity contribution >= 4 is 17.4 Å². The number of benzene rings is 1. The molecule has 1 rings (SSSR count). The maximum absolute atomic E-state index is 13.0. The molecule has 0 saturated heterocycles. The van der Waals surface area contributed by atoms with Crippen molar-refractivity contribution in [2.45, 2.75) is 18.8 Å². The molecule has 1 nitrogen and oxygen atoms in total. The number of alkyl halides is 6. The second kappa shape index (κ2) is 5.59. The highest BCUT2D eigenvalue weighted by Gasteiger charge is 2.60. The van der Waals surface area contributed by atoms with E-state index in [0.29, 0.717) is 6.07 Å².